The lowest BCUT2D eigenvalue weighted by Crippen LogP contribution is -2.22. The topological polar surface area (TPSA) is 29.4 Å². The third kappa shape index (κ3) is 2.69. The molecule has 0 aromatic carbocycles. The molecule has 0 N–H and O–H groups in total. The standard InChI is InChI=1S/C3H4F3NOS/c1-9-2(7-8)3(4,5)6/h2H,1H3. The van der Waals surface area contributed by atoms with Gasteiger partial charge in [-0.05, 0) is 11.4 Å². The molecule has 0 bridgehead atoms. The van der Waals surface area contributed by atoms with Crippen LogP contribution in [-0.2, 0) is 0 Å². The number of hydrogen-bond donors (Lipinski definition) is 0. The summed E-state index contributed by atoms with van der Waals surface area (Å²) in [7, 11) is 0. The normalized spacial score (nSPS) is 15.1. The Labute approximate surface area is 53.8 Å². The molecule has 6 heteroatoms. The summed E-state index contributed by atoms with van der Waals surface area (Å²) < 4.78 is 34.2. The lowest BCUT2D eigenvalue weighted by atomic mass is 10.7. The fraction of sp³-hybridized carbons (Fsp3) is 1.00. The summed E-state index contributed by atoms with van der Waals surface area (Å²) in [6, 6.07) is 0. The highest BCUT2D eigenvalue weighted by molar-refractivity contribution is 7.99. The first kappa shape index (κ1) is 8.74. The second kappa shape index (κ2) is 3.05. The molecule has 9 heavy (non-hydrogen) atoms. The Bertz CT molecular complexity index is 104. The molecule has 1 atom stereocenters. The van der Waals surface area contributed by atoms with Crippen LogP contribution in [0.1, 0.15) is 0 Å². The van der Waals surface area contributed by atoms with Gasteiger partial charge in [0.2, 0.25) is 5.37 Å². The maximum atomic E-state index is 11.4. The van der Waals surface area contributed by atoms with Crippen molar-refractivity contribution < 1.29 is 13.2 Å². The smallest absolute Gasteiger partial charge is 0.168 e. The lowest BCUT2D eigenvalue weighted by molar-refractivity contribution is -0.127. The van der Waals surface area contributed by atoms with Gasteiger partial charge in [-0.2, -0.15) is 13.2 Å². The van der Waals surface area contributed by atoms with Crippen molar-refractivity contribution in [2.24, 2.45) is 5.18 Å². The van der Waals surface area contributed by atoms with E-state index in [1.54, 1.807) is 0 Å². The van der Waals surface area contributed by atoms with Crippen LogP contribution < -0.4 is 0 Å². The molecule has 0 heterocycles. The third-order valence-electron chi connectivity index (χ3n) is 0.599. The van der Waals surface area contributed by atoms with Gasteiger partial charge in [0.1, 0.15) is 0 Å². The third-order valence-corrected chi connectivity index (χ3v) is 1.40. The van der Waals surface area contributed by atoms with Gasteiger partial charge >= 0.3 is 6.18 Å². The van der Waals surface area contributed by atoms with E-state index in [1.165, 1.54) is 6.26 Å². The van der Waals surface area contributed by atoms with Crippen molar-refractivity contribution in [1.82, 2.24) is 0 Å². The van der Waals surface area contributed by atoms with Crippen LogP contribution in [0, 0.1) is 4.91 Å². The van der Waals surface area contributed by atoms with Crippen LogP contribution in [0.5, 0.6) is 0 Å². The van der Waals surface area contributed by atoms with Gasteiger partial charge in [0.25, 0.3) is 0 Å². The number of hydrogen-bond acceptors (Lipinski definition) is 3. The molecular formula is C3H4F3NOS. The zero-order valence-corrected chi connectivity index (χ0v) is 5.29. The van der Waals surface area contributed by atoms with E-state index in [-0.39, 0.29) is 0 Å². The van der Waals surface area contributed by atoms with Gasteiger partial charge in [-0.25, -0.2) is 0 Å². The Morgan fingerprint density at radius 1 is 1.56 bits per heavy atom. The Kier molecular flexibility index (Phi) is 2.96. The molecule has 0 saturated heterocycles. The highest BCUT2D eigenvalue weighted by Crippen LogP contribution is 2.29. The minimum absolute atomic E-state index is 0.373. The van der Waals surface area contributed by atoms with Crippen LogP contribution in [0.25, 0.3) is 0 Å². The van der Waals surface area contributed by atoms with Crippen molar-refractivity contribution in [2.45, 2.75) is 11.6 Å². The largest absolute Gasteiger partial charge is 0.423 e. The molecule has 0 aliphatic rings. The molecule has 2 nitrogen and oxygen atoms in total. The average Bonchev–Trinajstić information content (AvgIpc) is 1.65. The minimum Gasteiger partial charge on any atom is -0.168 e. The van der Waals surface area contributed by atoms with Crippen LogP contribution in [0.3, 0.4) is 0 Å². The molecule has 0 aliphatic heterocycles. The minimum atomic E-state index is -4.50. The van der Waals surface area contributed by atoms with Crippen LogP contribution in [-0.4, -0.2) is 17.8 Å². The molecule has 0 aliphatic carbocycles. The summed E-state index contributed by atoms with van der Waals surface area (Å²) in [6.45, 7) is 0. The van der Waals surface area contributed by atoms with Crippen molar-refractivity contribution in [3.8, 4) is 0 Å². The van der Waals surface area contributed by atoms with E-state index in [1.807, 2.05) is 5.18 Å². The van der Waals surface area contributed by atoms with E-state index in [0.29, 0.717) is 11.8 Å². The number of thioether (sulfide) groups is 1. The monoisotopic (exact) mass is 159 g/mol. The molecule has 0 fully saturated rings. The van der Waals surface area contributed by atoms with E-state index in [2.05, 4.69) is 0 Å². The zero-order chi connectivity index (χ0) is 7.49. The van der Waals surface area contributed by atoms with Crippen LogP contribution in [0.4, 0.5) is 13.2 Å². The number of rotatable bonds is 2. The molecule has 0 rings (SSSR count). The predicted octanol–water partition coefficient (Wildman–Crippen LogP) is 2.00. The Morgan fingerprint density at radius 2 is 2.00 bits per heavy atom. The molecule has 54 valence electrons. The fourth-order valence-corrected chi connectivity index (χ4v) is 0.590. The summed E-state index contributed by atoms with van der Waals surface area (Å²) in [5.41, 5.74) is 0. The first-order valence-corrected chi connectivity index (χ1v) is 3.23. The molecule has 0 spiro atoms. The van der Waals surface area contributed by atoms with E-state index in [4.69, 9.17) is 0 Å². The van der Waals surface area contributed by atoms with Crippen molar-refractivity contribution in [1.29, 1.82) is 0 Å². The fourth-order valence-electron chi connectivity index (χ4n) is 0.236. The van der Waals surface area contributed by atoms with E-state index in [9.17, 15) is 18.1 Å². The van der Waals surface area contributed by atoms with Gasteiger partial charge in [-0.3, -0.25) is 0 Å². The summed E-state index contributed by atoms with van der Waals surface area (Å²) in [6.07, 6.45) is -3.32. The second-order valence-electron chi connectivity index (χ2n) is 1.24. The predicted molar refractivity (Wildman–Crippen MR) is 29.2 cm³/mol. The molecule has 0 aromatic rings. The second-order valence-corrected chi connectivity index (χ2v) is 2.15. The maximum Gasteiger partial charge on any atom is 0.423 e. The molecule has 0 aromatic heterocycles. The molecule has 0 amide bonds. The lowest BCUT2D eigenvalue weighted by Gasteiger charge is -2.08. The SMILES string of the molecule is CSC(N=O)C(F)(F)F. The Morgan fingerprint density at radius 3 is 2.00 bits per heavy atom. The Hall–Kier alpha value is -0.260. The molecule has 0 saturated carbocycles. The van der Waals surface area contributed by atoms with Gasteiger partial charge in [0.15, 0.2) is 0 Å². The highest BCUT2D eigenvalue weighted by Gasteiger charge is 2.40. The quantitative estimate of drug-likeness (QED) is 0.576. The highest BCUT2D eigenvalue weighted by atomic mass is 32.2. The molecule has 1 unspecified atom stereocenters. The molecular weight excluding hydrogens is 155 g/mol. The van der Waals surface area contributed by atoms with Crippen molar-refractivity contribution in [3.05, 3.63) is 4.91 Å². The van der Waals surface area contributed by atoms with Crippen LogP contribution in [0.2, 0.25) is 0 Å². The summed E-state index contributed by atoms with van der Waals surface area (Å²) in [4.78, 5) is 9.39. The summed E-state index contributed by atoms with van der Waals surface area (Å²) in [5.74, 6) is 0. The van der Waals surface area contributed by atoms with Gasteiger partial charge in [0, 0.05) is 0 Å². The summed E-state index contributed by atoms with van der Waals surface area (Å²) in [5, 5.41) is -0.248. The van der Waals surface area contributed by atoms with Crippen LogP contribution >= 0.6 is 11.8 Å². The van der Waals surface area contributed by atoms with Crippen molar-refractivity contribution in [2.75, 3.05) is 6.26 Å². The van der Waals surface area contributed by atoms with Crippen molar-refractivity contribution >= 4 is 11.8 Å². The number of nitrogens with zero attached hydrogens (tertiary/aromatic N) is 1. The summed E-state index contributed by atoms with van der Waals surface area (Å²) >= 11 is 0.373. The van der Waals surface area contributed by atoms with Crippen molar-refractivity contribution in [3.63, 3.8) is 0 Å². The van der Waals surface area contributed by atoms with Gasteiger partial charge in [0.05, 0.1) is 0 Å². The van der Waals surface area contributed by atoms with E-state index >= 15 is 0 Å². The first-order valence-electron chi connectivity index (χ1n) is 1.94. The van der Waals surface area contributed by atoms with Gasteiger partial charge in [-0.1, -0.05) is 0 Å². The van der Waals surface area contributed by atoms with Gasteiger partial charge < -0.3 is 0 Å². The first-order chi connectivity index (χ1) is 4.02. The average molecular weight is 159 g/mol. The zero-order valence-electron chi connectivity index (χ0n) is 4.47. The van der Waals surface area contributed by atoms with Crippen LogP contribution in [0.15, 0.2) is 5.18 Å². The molecule has 0 radical (unpaired) electrons. The number of alkyl halides is 3. The van der Waals surface area contributed by atoms with E-state index in [0.717, 1.165) is 0 Å². The number of nitroso groups, excluding NO2 is 1. The Balaban J connectivity index is 3.94. The van der Waals surface area contributed by atoms with E-state index < -0.39 is 11.6 Å². The number of halogens is 3. The van der Waals surface area contributed by atoms with Gasteiger partial charge in [-0.15, -0.1) is 16.7 Å². The maximum absolute atomic E-state index is 11.4.